The van der Waals surface area contributed by atoms with E-state index in [4.69, 9.17) is 4.98 Å². The van der Waals surface area contributed by atoms with Crippen LogP contribution in [-0.4, -0.2) is 4.98 Å². The summed E-state index contributed by atoms with van der Waals surface area (Å²) in [5, 5.41) is 10.9. The molecule has 2 nitrogen and oxygen atoms in total. The fourth-order valence-corrected chi connectivity index (χ4v) is 4.31. The smallest absolute Gasteiger partial charge is 0.0954 e. The number of benzene rings is 1. The van der Waals surface area contributed by atoms with Gasteiger partial charge in [-0.3, -0.25) is 0 Å². The number of nitriles is 1. The molecule has 0 amide bonds. The molecule has 104 valence electrons. The second-order valence-corrected chi connectivity index (χ2v) is 7.03. The van der Waals surface area contributed by atoms with Gasteiger partial charge in [-0.15, -0.1) is 11.3 Å². The summed E-state index contributed by atoms with van der Waals surface area (Å²) in [5.41, 5.74) is 0.903. The first-order valence-electron chi connectivity index (χ1n) is 7.57. The number of fused-ring (bicyclic) bond motifs is 1. The van der Waals surface area contributed by atoms with Gasteiger partial charge in [0, 0.05) is 6.42 Å². The van der Waals surface area contributed by atoms with E-state index in [9.17, 15) is 5.26 Å². The lowest BCUT2D eigenvalue weighted by atomic mass is 9.75. The quantitative estimate of drug-likeness (QED) is 0.770. The molecule has 0 saturated heterocycles. The molecule has 1 heterocycles. The van der Waals surface area contributed by atoms with Crippen LogP contribution in [0.1, 0.15) is 50.0 Å². The van der Waals surface area contributed by atoms with Gasteiger partial charge in [0.25, 0.3) is 0 Å². The van der Waals surface area contributed by atoms with Crippen molar-refractivity contribution in [2.45, 2.75) is 51.4 Å². The number of hydrogen-bond acceptors (Lipinski definition) is 3. The van der Waals surface area contributed by atoms with E-state index in [1.807, 2.05) is 6.07 Å². The van der Waals surface area contributed by atoms with Crippen molar-refractivity contribution in [3.63, 3.8) is 0 Å². The minimum atomic E-state index is -0.172. The van der Waals surface area contributed by atoms with Crippen molar-refractivity contribution in [1.82, 2.24) is 4.98 Å². The van der Waals surface area contributed by atoms with Crippen LogP contribution < -0.4 is 0 Å². The van der Waals surface area contributed by atoms with Gasteiger partial charge in [0.2, 0.25) is 0 Å². The number of thiazole rings is 1. The zero-order chi connectivity index (χ0) is 13.8. The summed E-state index contributed by atoms with van der Waals surface area (Å²) in [5.74, 6) is 0. The first kappa shape index (κ1) is 13.6. The first-order valence-corrected chi connectivity index (χ1v) is 8.39. The lowest BCUT2D eigenvalue weighted by Gasteiger charge is -2.27. The molecular weight excluding hydrogens is 264 g/mol. The third-order valence-electron chi connectivity index (χ3n) is 4.38. The fraction of sp³-hybridized carbons (Fsp3) is 0.529. The van der Waals surface area contributed by atoms with E-state index < -0.39 is 0 Å². The molecule has 1 aromatic heterocycles. The van der Waals surface area contributed by atoms with Crippen LogP contribution in [0.2, 0.25) is 0 Å². The van der Waals surface area contributed by atoms with Gasteiger partial charge < -0.3 is 0 Å². The maximum atomic E-state index is 9.72. The molecule has 1 aromatic carbocycles. The van der Waals surface area contributed by atoms with Crippen molar-refractivity contribution in [3.8, 4) is 6.07 Å². The van der Waals surface area contributed by atoms with E-state index in [2.05, 4.69) is 24.3 Å². The highest BCUT2D eigenvalue weighted by Crippen LogP contribution is 2.38. The van der Waals surface area contributed by atoms with Crippen LogP contribution in [0.25, 0.3) is 10.2 Å². The third-order valence-corrected chi connectivity index (χ3v) is 5.41. The molecular formula is C17H20N2S. The van der Waals surface area contributed by atoms with Gasteiger partial charge in [-0.25, -0.2) is 4.98 Å². The van der Waals surface area contributed by atoms with Crippen molar-refractivity contribution in [2.24, 2.45) is 5.41 Å². The van der Waals surface area contributed by atoms with Crippen LogP contribution in [0.3, 0.4) is 0 Å². The molecule has 0 aliphatic heterocycles. The lowest BCUT2D eigenvalue weighted by Crippen LogP contribution is -2.23. The van der Waals surface area contributed by atoms with E-state index >= 15 is 0 Å². The molecule has 0 radical (unpaired) electrons. The molecule has 1 fully saturated rings. The Labute approximate surface area is 124 Å². The van der Waals surface area contributed by atoms with Crippen molar-refractivity contribution in [2.75, 3.05) is 0 Å². The Morgan fingerprint density at radius 3 is 2.50 bits per heavy atom. The Hall–Kier alpha value is -1.40. The van der Waals surface area contributed by atoms with Gasteiger partial charge in [0.15, 0.2) is 0 Å². The number of aromatic nitrogens is 1. The molecule has 0 spiro atoms. The summed E-state index contributed by atoms with van der Waals surface area (Å²) in [6.45, 7) is 0. The highest BCUT2D eigenvalue weighted by Gasteiger charge is 2.31. The molecule has 3 rings (SSSR count). The third kappa shape index (κ3) is 2.86. The van der Waals surface area contributed by atoms with Gasteiger partial charge in [0.1, 0.15) is 0 Å². The number of para-hydroxylation sites is 1. The normalized spacial score (nSPS) is 19.1. The van der Waals surface area contributed by atoms with Gasteiger partial charge in [-0.1, -0.05) is 44.2 Å². The molecule has 1 saturated carbocycles. The van der Waals surface area contributed by atoms with Crippen LogP contribution in [0.5, 0.6) is 0 Å². The molecule has 0 atom stereocenters. The maximum Gasteiger partial charge on any atom is 0.0954 e. The molecule has 3 heteroatoms. The van der Waals surface area contributed by atoms with Gasteiger partial charge >= 0.3 is 0 Å². The molecule has 1 aliphatic rings. The summed E-state index contributed by atoms with van der Waals surface area (Å²) in [7, 11) is 0. The van der Waals surface area contributed by atoms with E-state index in [1.54, 1.807) is 11.3 Å². The zero-order valence-corrected chi connectivity index (χ0v) is 12.6. The molecule has 0 unspecified atom stereocenters. The van der Waals surface area contributed by atoms with Gasteiger partial charge in [-0.05, 0) is 25.0 Å². The number of hydrogen-bond donors (Lipinski definition) is 0. The van der Waals surface area contributed by atoms with Crippen LogP contribution in [0.4, 0.5) is 0 Å². The Balaban J connectivity index is 1.84. The van der Waals surface area contributed by atoms with Crippen LogP contribution >= 0.6 is 11.3 Å². The second-order valence-electron chi connectivity index (χ2n) is 5.91. The van der Waals surface area contributed by atoms with Crippen molar-refractivity contribution in [3.05, 3.63) is 29.3 Å². The predicted molar refractivity (Wildman–Crippen MR) is 83.7 cm³/mol. The number of nitrogens with zero attached hydrogens (tertiary/aromatic N) is 2. The average molecular weight is 284 g/mol. The van der Waals surface area contributed by atoms with Crippen LogP contribution in [0.15, 0.2) is 24.3 Å². The van der Waals surface area contributed by atoms with Crippen molar-refractivity contribution < 1.29 is 0 Å². The zero-order valence-electron chi connectivity index (χ0n) is 11.8. The molecule has 20 heavy (non-hydrogen) atoms. The summed E-state index contributed by atoms with van der Waals surface area (Å²) < 4.78 is 1.24. The minimum absolute atomic E-state index is 0.172. The van der Waals surface area contributed by atoms with E-state index in [1.165, 1.54) is 36.8 Å². The Kier molecular flexibility index (Phi) is 4.03. The summed E-state index contributed by atoms with van der Waals surface area (Å²) >= 11 is 1.75. The summed E-state index contributed by atoms with van der Waals surface area (Å²) in [4.78, 5) is 4.72. The van der Waals surface area contributed by atoms with E-state index in [0.29, 0.717) is 0 Å². The topological polar surface area (TPSA) is 36.7 Å². The van der Waals surface area contributed by atoms with Gasteiger partial charge in [-0.2, -0.15) is 5.26 Å². The molecule has 0 bridgehead atoms. The van der Waals surface area contributed by atoms with E-state index in [-0.39, 0.29) is 5.41 Å². The largest absolute Gasteiger partial charge is 0.241 e. The standard InChI is InChI=1S/C17H20N2S/c18-13-17(10-6-2-1-3-7-11-17)12-16-19-14-8-4-5-9-15(14)20-16/h4-5,8-9H,1-3,6-7,10-12H2. The average Bonchev–Trinajstić information content (AvgIpc) is 2.84. The van der Waals surface area contributed by atoms with Crippen molar-refractivity contribution in [1.29, 1.82) is 5.26 Å². The monoisotopic (exact) mass is 284 g/mol. The molecule has 1 aliphatic carbocycles. The fourth-order valence-electron chi connectivity index (χ4n) is 3.20. The Morgan fingerprint density at radius 2 is 1.80 bits per heavy atom. The Morgan fingerprint density at radius 1 is 1.10 bits per heavy atom. The minimum Gasteiger partial charge on any atom is -0.241 e. The highest BCUT2D eigenvalue weighted by atomic mass is 32.1. The maximum absolute atomic E-state index is 9.72. The lowest BCUT2D eigenvalue weighted by molar-refractivity contribution is 0.287. The van der Waals surface area contributed by atoms with Crippen LogP contribution in [0, 0.1) is 16.7 Å². The SMILES string of the molecule is N#CC1(Cc2nc3ccccc3s2)CCCCCCC1. The molecule has 2 aromatic rings. The first-order chi connectivity index (χ1) is 9.81. The van der Waals surface area contributed by atoms with Crippen molar-refractivity contribution >= 4 is 21.6 Å². The van der Waals surface area contributed by atoms with Gasteiger partial charge in [0.05, 0.1) is 26.7 Å². The summed E-state index contributed by atoms with van der Waals surface area (Å²) in [6.07, 6.45) is 9.20. The highest BCUT2D eigenvalue weighted by molar-refractivity contribution is 7.18. The molecule has 0 N–H and O–H groups in total. The summed E-state index contributed by atoms with van der Waals surface area (Å²) in [6, 6.07) is 10.9. The number of rotatable bonds is 2. The predicted octanol–water partition coefficient (Wildman–Crippen LogP) is 5.09. The second kappa shape index (κ2) is 5.93. The van der Waals surface area contributed by atoms with E-state index in [0.717, 1.165) is 29.8 Å². The van der Waals surface area contributed by atoms with Crippen LogP contribution in [-0.2, 0) is 6.42 Å². The Bertz CT molecular complexity index is 582.